The van der Waals surface area contributed by atoms with Crippen molar-refractivity contribution in [3.63, 3.8) is 0 Å². The van der Waals surface area contributed by atoms with Gasteiger partial charge >= 0.3 is 0 Å². The van der Waals surface area contributed by atoms with E-state index in [2.05, 4.69) is 36.5 Å². The van der Waals surface area contributed by atoms with Crippen molar-refractivity contribution >= 4 is 0 Å². The lowest BCUT2D eigenvalue weighted by Crippen LogP contribution is -1.83. The number of hydrogen-bond donors (Lipinski definition) is 2. The zero-order valence-corrected chi connectivity index (χ0v) is 17.8. The van der Waals surface area contributed by atoms with Gasteiger partial charge in [-0.05, 0) is 51.4 Å². The van der Waals surface area contributed by atoms with Crippen molar-refractivity contribution in [3.8, 4) is 0 Å². The number of rotatable bonds is 21. The van der Waals surface area contributed by atoms with Gasteiger partial charge in [-0.1, -0.05) is 94.2 Å². The van der Waals surface area contributed by atoms with Gasteiger partial charge in [0.1, 0.15) is 0 Å². The number of unbranched alkanes of at least 4 members (excludes halogenated alkanes) is 13. The molecule has 27 heavy (non-hydrogen) atoms. The number of aliphatic hydroxyl groups excluding tert-OH is 2. The van der Waals surface area contributed by atoms with Gasteiger partial charge in [0.05, 0.1) is 0 Å². The molecule has 0 amide bonds. The maximum atomic E-state index is 8.72. The van der Waals surface area contributed by atoms with Crippen molar-refractivity contribution in [2.75, 3.05) is 13.2 Å². The average molecular weight is 379 g/mol. The molecular weight excluding hydrogens is 332 g/mol. The zero-order valence-electron chi connectivity index (χ0n) is 17.8. The third-order valence-corrected chi connectivity index (χ3v) is 4.85. The zero-order chi connectivity index (χ0) is 19.7. The summed E-state index contributed by atoms with van der Waals surface area (Å²) in [6.07, 6.45) is 34.4. The lowest BCUT2D eigenvalue weighted by atomic mass is 10.1. The molecule has 0 aromatic heterocycles. The molecule has 158 valence electrons. The van der Waals surface area contributed by atoms with Crippen molar-refractivity contribution in [2.45, 2.75) is 109 Å². The van der Waals surface area contributed by atoms with Crippen LogP contribution in [0.5, 0.6) is 0 Å². The van der Waals surface area contributed by atoms with Crippen molar-refractivity contribution in [1.82, 2.24) is 0 Å². The summed E-state index contributed by atoms with van der Waals surface area (Å²) in [6, 6.07) is 0. The Balaban J connectivity index is 3.24. The lowest BCUT2D eigenvalue weighted by Gasteiger charge is -1.99. The van der Waals surface area contributed by atoms with Gasteiger partial charge in [0.15, 0.2) is 0 Å². The summed E-state index contributed by atoms with van der Waals surface area (Å²) in [6.45, 7) is 0.697. The maximum absolute atomic E-state index is 8.72. The smallest absolute Gasteiger partial charge is 0.0431 e. The van der Waals surface area contributed by atoms with Crippen LogP contribution in [0.3, 0.4) is 0 Å². The van der Waals surface area contributed by atoms with E-state index in [0.29, 0.717) is 13.2 Å². The van der Waals surface area contributed by atoms with Crippen LogP contribution in [0.2, 0.25) is 0 Å². The Morgan fingerprint density at radius 2 is 0.630 bits per heavy atom. The second-order valence-corrected chi connectivity index (χ2v) is 7.51. The van der Waals surface area contributed by atoms with Crippen LogP contribution in [0.25, 0.3) is 0 Å². The highest BCUT2D eigenvalue weighted by molar-refractivity contribution is 4.97. The van der Waals surface area contributed by atoms with Crippen molar-refractivity contribution in [2.24, 2.45) is 0 Å². The minimum absolute atomic E-state index is 0.347. The summed E-state index contributed by atoms with van der Waals surface area (Å²) in [5.41, 5.74) is 0. The Morgan fingerprint density at radius 3 is 1.00 bits per heavy atom. The molecule has 0 aromatic rings. The first-order chi connectivity index (χ1) is 13.4. The van der Waals surface area contributed by atoms with Crippen molar-refractivity contribution in [3.05, 3.63) is 36.5 Å². The number of aliphatic hydroxyl groups is 2. The van der Waals surface area contributed by atoms with Crippen LogP contribution < -0.4 is 0 Å². The van der Waals surface area contributed by atoms with Crippen LogP contribution in [0.1, 0.15) is 109 Å². The Labute approximate surface area is 169 Å². The number of hydrogen-bond acceptors (Lipinski definition) is 2. The number of allylic oxidation sites excluding steroid dienone is 6. The van der Waals surface area contributed by atoms with Crippen LogP contribution >= 0.6 is 0 Å². The summed E-state index contributed by atoms with van der Waals surface area (Å²) in [4.78, 5) is 0. The molecule has 0 unspecified atom stereocenters. The first-order valence-corrected chi connectivity index (χ1v) is 11.6. The molecule has 0 saturated heterocycles. The second kappa shape index (κ2) is 25.1. The van der Waals surface area contributed by atoms with Gasteiger partial charge in [0, 0.05) is 13.2 Å². The fraction of sp³-hybridized carbons (Fsp3) is 0.760. The van der Waals surface area contributed by atoms with E-state index in [9.17, 15) is 0 Å². The minimum Gasteiger partial charge on any atom is -0.396 e. The van der Waals surface area contributed by atoms with E-state index in [1.54, 1.807) is 0 Å². The third kappa shape index (κ3) is 25.1. The molecule has 0 aliphatic carbocycles. The summed E-state index contributed by atoms with van der Waals surface area (Å²) >= 11 is 0. The maximum Gasteiger partial charge on any atom is 0.0431 e. The summed E-state index contributed by atoms with van der Waals surface area (Å²) in [5, 5.41) is 17.4. The highest BCUT2D eigenvalue weighted by atomic mass is 16.3. The quantitative estimate of drug-likeness (QED) is 0.163. The molecule has 0 rings (SSSR count). The molecule has 2 N–H and O–H groups in total. The van der Waals surface area contributed by atoms with Crippen LogP contribution in [0.15, 0.2) is 36.5 Å². The first kappa shape index (κ1) is 26.1. The molecule has 0 spiro atoms. The molecule has 2 heteroatoms. The molecule has 0 radical (unpaired) electrons. The second-order valence-electron chi connectivity index (χ2n) is 7.51. The molecule has 0 atom stereocenters. The Kier molecular flexibility index (Phi) is 24.3. The first-order valence-electron chi connectivity index (χ1n) is 11.6. The minimum atomic E-state index is 0.347. The SMILES string of the molecule is OCCCCCCCCC=CCC=CCC=CCCCCCCCCCO. The highest BCUT2D eigenvalue weighted by Gasteiger charge is 1.91. The monoisotopic (exact) mass is 378 g/mol. The lowest BCUT2D eigenvalue weighted by molar-refractivity contribution is 0.282. The molecular formula is C25H46O2. The van der Waals surface area contributed by atoms with Gasteiger partial charge in [-0.3, -0.25) is 0 Å². The molecule has 2 nitrogen and oxygen atoms in total. The van der Waals surface area contributed by atoms with Crippen LogP contribution in [-0.4, -0.2) is 23.4 Å². The molecule has 0 heterocycles. The summed E-state index contributed by atoms with van der Waals surface area (Å²) in [7, 11) is 0. The largest absolute Gasteiger partial charge is 0.396 e. The van der Waals surface area contributed by atoms with Gasteiger partial charge in [-0.25, -0.2) is 0 Å². The van der Waals surface area contributed by atoms with Crippen LogP contribution in [0.4, 0.5) is 0 Å². The van der Waals surface area contributed by atoms with Crippen molar-refractivity contribution in [1.29, 1.82) is 0 Å². The van der Waals surface area contributed by atoms with Gasteiger partial charge in [-0.2, -0.15) is 0 Å². The van der Waals surface area contributed by atoms with E-state index in [4.69, 9.17) is 10.2 Å². The van der Waals surface area contributed by atoms with Crippen LogP contribution in [-0.2, 0) is 0 Å². The van der Waals surface area contributed by atoms with E-state index in [0.717, 1.165) is 25.7 Å². The summed E-state index contributed by atoms with van der Waals surface area (Å²) < 4.78 is 0. The Hall–Kier alpha value is -0.860. The molecule has 0 aliphatic heterocycles. The Bertz CT molecular complexity index is 344. The van der Waals surface area contributed by atoms with E-state index in [1.165, 1.54) is 83.5 Å². The summed E-state index contributed by atoms with van der Waals surface area (Å²) in [5.74, 6) is 0. The van der Waals surface area contributed by atoms with E-state index < -0.39 is 0 Å². The fourth-order valence-corrected chi connectivity index (χ4v) is 3.12. The van der Waals surface area contributed by atoms with Gasteiger partial charge in [0.25, 0.3) is 0 Å². The van der Waals surface area contributed by atoms with E-state index >= 15 is 0 Å². The standard InChI is InChI=1S/C25H46O2/c26-24-22-20-18-16-14-12-10-8-6-4-2-1-3-5-7-9-11-13-15-17-19-21-23-25-27/h1-2,5-8,26-27H,3-4,9-25H2. The molecule has 0 fully saturated rings. The van der Waals surface area contributed by atoms with Gasteiger partial charge in [0.2, 0.25) is 0 Å². The van der Waals surface area contributed by atoms with E-state index in [-0.39, 0.29) is 0 Å². The van der Waals surface area contributed by atoms with Crippen LogP contribution in [0, 0.1) is 0 Å². The topological polar surface area (TPSA) is 40.5 Å². The van der Waals surface area contributed by atoms with E-state index in [1.807, 2.05) is 0 Å². The molecule has 0 aliphatic rings. The molecule has 0 aromatic carbocycles. The highest BCUT2D eigenvalue weighted by Crippen LogP contribution is 2.09. The van der Waals surface area contributed by atoms with Gasteiger partial charge in [-0.15, -0.1) is 0 Å². The molecule has 0 saturated carbocycles. The fourth-order valence-electron chi connectivity index (χ4n) is 3.12. The van der Waals surface area contributed by atoms with Crippen molar-refractivity contribution < 1.29 is 10.2 Å². The third-order valence-electron chi connectivity index (χ3n) is 4.85. The predicted octanol–water partition coefficient (Wildman–Crippen LogP) is 7.27. The Morgan fingerprint density at radius 1 is 0.333 bits per heavy atom. The average Bonchev–Trinajstić information content (AvgIpc) is 2.68. The normalized spacial score (nSPS) is 12.2. The molecule has 0 bridgehead atoms. The van der Waals surface area contributed by atoms with Gasteiger partial charge < -0.3 is 10.2 Å². The predicted molar refractivity (Wildman–Crippen MR) is 120 cm³/mol.